The number of rotatable bonds is 6. The van der Waals surface area contributed by atoms with Crippen molar-refractivity contribution < 1.29 is 9.72 Å². The molecule has 0 aliphatic heterocycles. The van der Waals surface area contributed by atoms with Gasteiger partial charge in [0.15, 0.2) is 0 Å². The third-order valence-electron chi connectivity index (χ3n) is 4.45. The molecule has 3 aromatic rings. The first-order valence-corrected chi connectivity index (χ1v) is 8.81. The standard InChI is InChI=1S/C21H21N3O3/c1-3-23(20-13-6-9-16-8-4-5-12-19(16)20)21(25)15(2)22-17-10-7-11-18(14-17)24(26)27/h4-15,22H,3H2,1-2H3/t15-/m0/s1. The monoisotopic (exact) mass is 363 g/mol. The maximum Gasteiger partial charge on any atom is 0.271 e. The van der Waals surface area contributed by atoms with Gasteiger partial charge in [-0.1, -0.05) is 42.5 Å². The van der Waals surface area contributed by atoms with Gasteiger partial charge in [0.2, 0.25) is 5.91 Å². The molecule has 0 saturated heterocycles. The van der Waals surface area contributed by atoms with Gasteiger partial charge in [-0.25, -0.2) is 0 Å². The Balaban J connectivity index is 1.86. The minimum atomic E-state index is -0.536. The van der Waals surface area contributed by atoms with Crippen molar-refractivity contribution in [3.05, 3.63) is 76.8 Å². The molecule has 3 aromatic carbocycles. The summed E-state index contributed by atoms with van der Waals surface area (Å²) >= 11 is 0. The number of amides is 1. The molecular formula is C21H21N3O3. The van der Waals surface area contributed by atoms with Crippen LogP contribution < -0.4 is 10.2 Å². The fraction of sp³-hybridized carbons (Fsp3) is 0.190. The Labute approximate surface area is 157 Å². The van der Waals surface area contributed by atoms with Crippen molar-refractivity contribution in [2.45, 2.75) is 19.9 Å². The van der Waals surface area contributed by atoms with E-state index in [1.54, 1.807) is 24.0 Å². The van der Waals surface area contributed by atoms with Crippen molar-refractivity contribution in [1.29, 1.82) is 0 Å². The molecule has 6 nitrogen and oxygen atoms in total. The normalized spacial score (nSPS) is 11.8. The van der Waals surface area contributed by atoms with Crippen LogP contribution in [0.15, 0.2) is 66.7 Å². The van der Waals surface area contributed by atoms with Crippen LogP contribution in [0.3, 0.4) is 0 Å². The quantitative estimate of drug-likeness (QED) is 0.513. The fourth-order valence-electron chi connectivity index (χ4n) is 3.14. The number of benzene rings is 3. The number of hydrogen-bond acceptors (Lipinski definition) is 4. The summed E-state index contributed by atoms with van der Waals surface area (Å²) in [7, 11) is 0. The van der Waals surface area contributed by atoms with Crippen molar-refractivity contribution >= 4 is 33.7 Å². The molecule has 6 heteroatoms. The summed E-state index contributed by atoms with van der Waals surface area (Å²) in [6.07, 6.45) is 0. The third kappa shape index (κ3) is 3.89. The number of carbonyl (C=O) groups excluding carboxylic acids is 1. The van der Waals surface area contributed by atoms with Crippen LogP contribution in [-0.4, -0.2) is 23.4 Å². The molecule has 0 radical (unpaired) electrons. The summed E-state index contributed by atoms with van der Waals surface area (Å²) in [6, 6.07) is 19.4. The van der Waals surface area contributed by atoms with Crippen molar-refractivity contribution in [2.75, 3.05) is 16.8 Å². The summed E-state index contributed by atoms with van der Waals surface area (Å²) in [5.74, 6) is -0.0969. The lowest BCUT2D eigenvalue weighted by Gasteiger charge is -2.26. The highest BCUT2D eigenvalue weighted by Crippen LogP contribution is 2.27. The first-order chi connectivity index (χ1) is 13.0. The summed E-state index contributed by atoms with van der Waals surface area (Å²) < 4.78 is 0. The minimum Gasteiger partial charge on any atom is -0.374 e. The molecule has 0 fully saturated rings. The average Bonchev–Trinajstić information content (AvgIpc) is 2.68. The Hall–Kier alpha value is -3.41. The number of carbonyl (C=O) groups is 1. The van der Waals surface area contributed by atoms with Crippen molar-refractivity contribution in [3.8, 4) is 0 Å². The molecule has 0 bridgehead atoms. The maximum absolute atomic E-state index is 13.1. The SMILES string of the molecule is CCN(C(=O)[C@H](C)Nc1cccc([N+](=O)[O-])c1)c1cccc2ccccc12. The molecule has 3 rings (SSSR count). The second-order valence-corrected chi connectivity index (χ2v) is 6.25. The van der Waals surface area contributed by atoms with E-state index in [4.69, 9.17) is 0 Å². The molecule has 0 heterocycles. The van der Waals surface area contributed by atoms with Crippen LogP contribution in [-0.2, 0) is 4.79 Å². The van der Waals surface area contributed by atoms with Crippen LogP contribution in [0.25, 0.3) is 10.8 Å². The third-order valence-corrected chi connectivity index (χ3v) is 4.45. The van der Waals surface area contributed by atoms with Gasteiger partial charge in [0.25, 0.3) is 5.69 Å². The predicted octanol–water partition coefficient (Wildman–Crippen LogP) is 4.60. The summed E-state index contributed by atoms with van der Waals surface area (Å²) in [5.41, 5.74) is 1.38. The molecule has 1 amide bonds. The Kier molecular flexibility index (Phi) is 5.35. The van der Waals surface area contributed by atoms with Crippen molar-refractivity contribution in [1.82, 2.24) is 0 Å². The molecule has 0 aliphatic rings. The largest absolute Gasteiger partial charge is 0.374 e. The van der Waals surface area contributed by atoms with Gasteiger partial charge in [-0.3, -0.25) is 14.9 Å². The average molecular weight is 363 g/mol. The van der Waals surface area contributed by atoms with Gasteiger partial charge in [0.05, 0.1) is 10.6 Å². The van der Waals surface area contributed by atoms with E-state index in [2.05, 4.69) is 5.32 Å². The Morgan fingerprint density at radius 2 is 1.81 bits per heavy atom. The zero-order valence-corrected chi connectivity index (χ0v) is 15.3. The van der Waals surface area contributed by atoms with Crippen LogP contribution in [0.2, 0.25) is 0 Å². The Morgan fingerprint density at radius 3 is 2.56 bits per heavy atom. The lowest BCUT2D eigenvalue weighted by Crippen LogP contribution is -2.41. The number of nitrogens with one attached hydrogen (secondary N) is 1. The van der Waals surface area contributed by atoms with Gasteiger partial charge in [-0.05, 0) is 31.4 Å². The number of nitrogens with zero attached hydrogens (tertiary/aromatic N) is 2. The van der Waals surface area contributed by atoms with Gasteiger partial charge in [0, 0.05) is 29.8 Å². The smallest absolute Gasteiger partial charge is 0.271 e. The highest BCUT2D eigenvalue weighted by Gasteiger charge is 2.22. The molecular weight excluding hydrogens is 342 g/mol. The minimum absolute atomic E-state index is 0.0129. The number of likely N-dealkylation sites (N-methyl/N-ethyl adjacent to an activating group) is 1. The number of anilines is 2. The lowest BCUT2D eigenvalue weighted by atomic mass is 10.1. The summed E-state index contributed by atoms with van der Waals surface area (Å²) in [4.78, 5) is 25.3. The second kappa shape index (κ2) is 7.86. The second-order valence-electron chi connectivity index (χ2n) is 6.25. The van der Waals surface area contributed by atoms with E-state index in [9.17, 15) is 14.9 Å². The van der Waals surface area contributed by atoms with Crippen LogP contribution in [0.4, 0.5) is 17.1 Å². The fourth-order valence-corrected chi connectivity index (χ4v) is 3.14. The first-order valence-electron chi connectivity index (χ1n) is 8.81. The molecule has 138 valence electrons. The Morgan fingerprint density at radius 1 is 1.11 bits per heavy atom. The van der Waals surface area contributed by atoms with Gasteiger partial charge in [0.1, 0.15) is 6.04 Å². The van der Waals surface area contributed by atoms with Crippen LogP contribution in [0.5, 0.6) is 0 Å². The predicted molar refractivity (Wildman–Crippen MR) is 108 cm³/mol. The highest BCUT2D eigenvalue weighted by molar-refractivity contribution is 6.06. The van der Waals surface area contributed by atoms with Gasteiger partial charge in [-0.15, -0.1) is 0 Å². The molecule has 1 N–H and O–H groups in total. The first kappa shape index (κ1) is 18.4. The van der Waals surface area contributed by atoms with Crippen molar-refractivity contribution in [2.24, 2.45) is 0 Å². The molecule has 27 heavy (non-hydrogen) atoms. The van der Waals surface area contributed by atoms with E-state index in [1.807, 2.05) is 49.4 Å². The topological polar surface area (TPSA) is 75.5 Å². The lowest BCUT2D eigenvalue weighted by molar-refractivity contribution is -0.384. The Bertz CT molecular complexity index is 982. The number of nitro groups is 1. The molecule has 0 spiro atoms. The van der Waals surface area contributed by atoms with Gasteiger partial charge >= 0.3 is 0 Å². The molecule has 0 unspecified atom stereocenters. The van der Waals surface area contributed by atoms with E-state index in [-0.39, 0.29) is 11.6 Å². The molecule has 0 aromatic heterocycles. The maximum atomic E-state index is 13.1. The number of fused-ring (bicyclic) bond motifs is 1. The van der Waals surface area contributed by atoms with Crippen molar-refractivity contribution in [3.63, 3.8) is 0 Å². The van der Waals surface area contributed by atoms with E-state index in [1.165, 1.54) is 12.1 Å². The zero-order valence-electron chi connectivity index (χ0n) is 15.3. The molecule has 0 aliphatic carbocycles. The van der Waals surface area contributed by atoms with E-state index >= 15 is 0 Å². The van der Waals surface area contributed by atoms with Gasteiger partial charge < -0.3 is 10.2 Å². The summed E-state index contributed by atoms with van der Waals surface area (Å²) in [6.45, 7) is 4.21. The van der Waals surface area contributed by atoms with Crippen LogP contribution in [0, 0.1) is 10.1 Å². The number of non-ortho nitro benzene ring substituents is 1. The van der Waals surface area contributed by atoms with Gasteiger partial charge in [-0.2, -0.15) is 0 Å². The van der Waals surface area contributed by atoms with Crippen LogP contribution in [0.1, 0.15) is 13.8 Å². The molecule has 0 saturated carbocycles. The van der Waals surface area contributed by atoms with E-state index in [0.717, 1.165) is 16.5 Å². The van der Waals surface area contributed by atoms with E-state index < -0.39 is 11.0 Å². The van der Waals surface area contributed by atoms with E-state index in [0.29, 0.717) is 12.2 Å². The van der Waals surface area contributed by atoms with Crippen LogP contribution >= 0.6 is 0 Å². The molecule has 1 atom stereocenters. The summed E-state index contributed by atoms with van der Waals surface area (Å²) in [5, 5.41) is 16.1. The number of nitro benzene ring substituents is 1. The highest BCUT2D eigenvalue weighted by atomic mass is 16.6. The number of hydrogen-bond donors (Lipinski definition) is 1. The zero-order chi connectivity index (χ0) is 19.4.